The SMILES string of the molecule is O=C(O)CCCOc1cccc(CCCCCCSc2cc(Cl)cc(-c3ccsc3)c2)c1CCC(=O)O. The van der Waals surface area contributed by atoms with E-state index in [-0.39, 0.29) is 12.8 Å². The molecule has 8 heteroatoms. The molecule has 0 unspecified atom stereocenters. The summed E-state index contributed by atoms with van der Waals surface area (Å²) in [6.07, 6.45) is 6.14. The lowest BCUT2D eigenvalue weighted by Gasteiger charge is -2.15. The summed E-state index contributed by atoms with van der Waals surface area (Å²) < 4.78 is 5.83. The van der Waals surface area contributed by atoms with E-state index < -0.39 is 11.9 Å². The second-order valence-corrected chi connectivity index (χ2v) is 11.2. The lowest BCUT2D eigenvalue weighted by atomic mass is 9.97. The number of carboxylic acid groups (broad SMARTS) is 2. The number of benzene rings is 2. The Morgan fingerprint density at radius 3 is 2.46 bits per heavy atom. The van der Waals surface area contributed by atoms with Crippen molar-refractivity contribution in [2.75, 3.05) is 12.4 Å². The van der Waals surface area contributed by atoms with Gasteiger partial charge in [0.15, 0.2) is 0 Å². The van der Waals surface area contributed by atoms with Crippen LogP contribution in [0, 0.1) is 0 Å². The van der Waals surface area contributed by atoms with Gasteiger partial charge in [-0.05, 0) is 101 Å². The quantitative estimate of drug-likeness (QED) is 0.128. The summed E-state index contributed by atoms with van der Waals surface area (Å²) in [6, 6.07) is 14.2. The predicted molar refractivity (Wildman–Crippen MR) is 152 cm³/mol. The molecule has 3 rings (SSSR count). The van der Waals surface area contributed by atoms with Crippen molar-refractivity contribution in [1.29, 1.82) is 0 Å². The molecule has 198 valence electrons. The molecule has 0 saturated heterocycles. The maximum Gasteiger partial charge on any atom is 0.303 e. The van der Waals surface area contributed by atoms with E-state index in [0.717, 1.165) is 59.6 Å². The molecule has 0 spiro atoms. The third-order valence-corrected chi connectivity index (χ3v) is 7.91. The van der Waals surface area contributed by atoms with Crippen LogP contribution >= 0.6 is 34.7 Å². The Kier molecular flexibility index (Phi) is 12.3. The second-order valence-electron chi connectivity index (χ2n) is 8.83. The molecule has 1 heterocycles. The number of carboxylic acids is 2. The van der Waals surface area contributed by atoms with Crippen molar-refractivity contribution < 1.29 is 24.5 Å². The van der Waals surface area contributed by atoms with Crippen LogP contribution in [0.1, 0.15) is 56.1 Å². The van der Waals surface area contributed by atoms with E-state index in [9.17, 15) is 14.7 Å². The second kappa shape index (κ2) is 15.7. The van der Waals surface area contributed by atoms with Crippen molar-refractivity contribution in [2.45, 2.75) is 62.7 Å². The van der Waals surface area contributed by atoms with Crippen molar-refractivity contribution in [3.8, 4) is 16.9 Å². The van der Waals surface area contributed by atoms with Crippen molar-refractivity contribution in [2.24, 2.45) is 0 Å². The van der Waals surface area contributed by atoms with E-state index >= 15 is 0 Å². The summed E-state index contributed by atoms with van der Waals surface area (Å²) in [6.45, 7) is 0.300. The largest absolute Gasteiger partial charge is 0.493 e. The number of hydrogen-bond donors (Lipinski definition) is 2. The molecule has 5 nitrogen and oxygen atoms in total. The molecule has 3 aromatic rings. The first-order valence-corrected chi connectivity index (χ1v) is 14.9. The highest BCUT2D eigenvalue weighted by Gasteiger charge is 2.12. The van der Waals surface area contributed by atoms with Crippen LogP contribution in [0.2, 0.25) is 5.02 Å². The van der Waals surface area contributed by atoms with E-state index in [2.05, 4.69) is 22.9 Å². The smallest absolute Gasteiger partial charge is 0.303 e. The molecule has 0 fully saturated rings. The molecule has 37 heavy (non-hydrogen) atoms. The van der Waals surface area contributed by atoms with E-state index in [4.69, 9.17) is 21.4 Å². The number of thioether (sulfide) groups is 1. The molecule has 2 N–H and O–H groups in total. The first-order valence-electron chi connectivity index (χ1n) is 12.6. The lowest BCUT2D eigenvalue weighted by molar-refractivity contribution is -0.138. The molecule has 0 bridgehead atoms. The van der Waals surface area contributed by atoms with Gasteiger partial charge in [-0.1, -0.05) is 36.6 Å². The average molecular weight is 561 g/mol. The van der Waals surface area contributed by atoms with Crippen molar-refractivity contribution in [3.63, 3.8) is 0 Å². The summed E-state index contributed by atoms with van der Waals surface area (Å²) in [4.78, 5) is 23.1. The van der Waals surface area contributed by atoms with Crippen LogP contribution in [-0.2, 0) is 22.4 Å². The molecule has 1 aromatic heterocycles. The van der Waals surface area contributed by atoms with Gasteiger partial charge in [-0.2, -0.15) is 11.3 Å². The van der Waals surface area contributed by atoms with Gasteiger partial charge < -0.3 is 14.9 Å². The lowest BCUT2D eigenvalue weighted by Crippen LogP contribution is -2.07. The monoisotopic (exact) mass is 560 g/mol. The number of hydrogen-bond acceptors (Lipinski definition) is 5. The number of ether oxygens (including phenoxy) is 1. The summed E-state index contributed by atoms with van der Waals surface area (Å²) in [5.41, 5.74) is 4.40. The Balaban J connectivity index is 1.44. The minimum absolute atomic E-state index is 0.0390. The summed E-state index contributed by atoms with van der Waals surface area (Å²) in [5.74, 6) is 0.0140. The normalized spacial score (nSPS) is 10.9. The summed E-state index contributed by atoms with van der Waals surface area (Å²) in [5, 5.41) is 23.0. The Morgan fingerprint density at radius 2 is 1.70 bits per heavy atom. The number of carbonyl (C=O) groups is 2. The molecule has 0 radical (unpaired) electrons. The minimum Gasteiger partial charge on any atom is -0.493 e. The third-order valence-electron chi connectivity index (χ3n) is 5.95. The van der Waals surface area contributed by atoms with Gasteiger partial charge in [0.05, 0.1) is 6.61 Å². The highest BCUT2D eigenvalue weighted by atomic mass is 35.5. The van der Waals surface area contributed by atoms with Gasteiger partial charge in [-0.25, -0.2) is 0 Å². The zero-order valence-corrected chi connectivity index (χ0v) is 23.2. The van der Waals surface area contributed by atoms with Crippen molar-refractivity contribution in [1.82, 2.24) is 0 Å². The Labute approximate surface area is 231 Å². The molecular weight excluding hydrogens is 528 g/mol. The van der Waals surface area contributed by atoms with Gasteiger partial charge >= 0.3 is 11.9 Å². The van der Waals surface area contributed by atoms with Gasteiger partial charge in [-0.3, -0.25) is 9.59 Å². The number of rotatable bonds is 17. The Hall–Kier alpha value is -2.48. The topological polar surface area (TPSA) is 83.8 Å². The molecule has 0 amide bonds. The van der Waals surface area contributed by atoms with Gasteiger partial charge in [0, 0.05) is 22.8 Å². The minimum atomic E-state index is -0.850. The fraction of sp³-hybridized carbons (Fsp3) is 0.379. The molecule has 0 atom stereocenters. The van der Waals surface area contributed by atoms with Gasteiger partial charge in [-0.15, -0.1) is 11.8 Å². The fourth-order valence-electron chi connectivity index (χ4n) is 4.10. The van der Waals surface area contributed by atoms with Crippen molar-refractivity contribution >= 4 is 46.6 Å². The third kappa shape index (κ3) is 10.4. The van der Waals surface area contributed by atoms with Crippen LogP contribution in [0.15, 0.2) is 58.1 Å². The highest BCUT2D eigenvalue weighted by Crippen LogP contribution is 2.31. The van der Waals surface area contributed by atoms with Crippen LogP contribution in [0.3, 0.4) is 0 Å². The first-order chi connectivity index (χ1) is 17.9. The fourth-order valence-corrected chi connectivity index (χ4v) is 6.07. The number of unbranched alkanes of at least 4 members (excludes halogenated alkanes) is 3. The zero-order chi connectivity index (χ0) is 26.5. The maximum absolute atomic E-state index is 11.2. The summed E-state index contributed by atoms with van der Waals surface area (Å²) >= 11 is 9.86. The van der Waals surface area contributed by atoms with E-state index in [1.807, 2.05) is 42.1 Å². The molecule has 0 saturated carbocycles. The molecule has 0 aliphatic rings. The number of aliphatic carboxylic acids is 2. The maximum atomic E-state index is 11.2. The van der Waals surface area contributed by atoms with Crippen molar-refractivity contribution in [3.05, 3.63) is 69.4 Å². The number of aryl methyl sites for hydroxylation is 1. The van der Waals surface area contributed by atoms with Crippen LogP contribution < -0.4 is 4.74 Å². The molecule has 2 aromatic carbocycles. The van der Waals surface area contributed by atoms with Crippen LogP contribution in [0.25, 0.3) is 11.1 Å². The average Bonchev–Trinajstić information content (AvgIpc) is 3.40. The molecule has 0 aliphatic heterocycles. The summed E-state index contributed by atoms with van der Waals surface area (Å²) in [7, 11) is 0. The van der Waals surface area contributed by atoms with Gasteiger partial charge in [0.25, 0.3) is 0 Å². The molecular formula is C29H33ClO5S2. The van der Waals surface area contributed by atoms with Gasteiger partial charge in [0.2, 0.25) is 0 Å². The standard InChI is InChI=1S/C29H33ClO5S2/c30-24-17-23(22-13-16-36-20-22)18-25(19-24)37-15-4-2-1-3-7-21-8-5-9-27(26(21)11-12-29(33)34)35-14-6-10-28(31)32/h5,8-9,13,16-20H,1-4,6-7,10-12,14-15H2,(H,31,32)(H,33,34). The number of thiophene rings is 1. The Morgan fingerprint density at radius 1 is 0.892 bits per heavy atom. The molecule has 0 aliphatic carbocycles. The van der Waals surface area contributed by atoms with E-state index in [1.165, 1.54) is 10.5 Å². The van der Waals surface area contributed by atoms with Crippen LogP contribution in [0.4, 0.5) is 0 Å². The zero-order valence-electron chi connectivity index (χ0n) is 20.8. The number of halogens is 1. The predicted octanol–water partition coefficient (Wildman–Crippen LogP) is 8.22. The van der Waals surface area contributed by atoms with Crippen LogP contribution in [-0.4, -0.2) is 34.5 Å². The highest BCUT2D eigenvalue weighted by molar-refractivity contribution is 7.99. The van der Waals surface area contributed by atoms with Crippen LogP contribution in [0.5, 0.6) is 5.75 Å². The first kappa shape index (κ1) is 29.1. The van der Waals surface area contributed by atoms with Gasteiger partial charge in [0.1, 0.15) is 5.75 Å². The van der Waals surface area contributed by atoms with E-state index in [0.29, 0.717) is 25.2 Å². The van der Waals surface area contributed by atoms with E-state index in [1.54, 1.807) is 11.3 Å². The Bertz CT molecular complexity index is 1150.